The lowest BCUT2D eigenvalue weighted by molar-refractivity contribution is 0.135. The lowest BCUT2D eigenvalue weighted by atomic mass is 9.99. The lowest BCUT2D eigenvalue weighted by Crippen LogP contribution is -2.17. The van der Waals surface area contributed by atoms with Crippen molar-refractivity contribution in [3.8, 4) is 0 Å². The highest BCUT2D eigenvalue weighted by molar-refractivity contribution is 5.20. The van der Waals surface area contributed by atoms with E-state index in [9.17, 15) is 13.9 Å². The van der Waals surface area contributed by atoms with Crippen LogP contribution < -0.4 is 0 Å². The zero-order valence-corrected chi connectivity index (χ0v) is 9.50. The molecule has 1 saturated carbocycles. The molecule has 2 atom stereocenters. The molecule has 1 fully saturated rings. The van der Waals surface area contributed by atoms with Crippen molar-refractivity contribution in [2.24, 2.45) is 11.3 Å². The van der Waals surface area contributed by atoms with Crippen LogP contribution >= 0.6 is 0 Å². The highest BCUT2D eigenvalue weighted by Gasteiger charge is 2.49. The van der Waals surface area contributed by atoms with Crippen molar-refractivity contribution in [3.05, 3.63) is 35.4 Å². The van der Waals surface area contributed by atoms with Crippen LogP contribution in [0.4, 0.5) is 8.78 Å². The molecule has 16 heavy (non-hydrogen) atoms. The van der Waals surface area contributed by atoms with Gasteiger partial charge in [0.2, 0.25) is 0 Å². The Morgan fingerprint density at radius 1 is 1.44 bits per heavy atom. The van der Waals surface area contributed by atoms with Crippen LogP contribution in [0.1, 0.15) is 25.8 Å². The zero-order valence-electron chi connectivity index (χ0n) is 9.50. The van der Waals surface area contributed by atoms with Gasteiger partial charge in [0.1, 0.15) is 11.6 Å². The van der Waals surface area contributed by atoms with Crippen molar-refractivity contribution >= 4 is 0 Å². The molecule has 2 rings (SSSR count). The summed E-state index contributed by atoms with van der Waals surface area (Å²) < 4.78 is 26.2. The summed E-state index contributed by atoms with van der Waals surface area (Å²) in [4.78, 5) is 0. The van der Waals surface area contributed by atoms with E-state index in [0.717, 1.165) is 24.6 Å². The molecule has 3 heteroatoms. The van der Waals surface area contributed by atoms with Crippen LogP contribution in [0.15, 0.2) is 18.2 Å². The topological polar surface area (TPSA) is 20.2 Å². The Balaban J connectivity index is 2.06. The van der Waals surface area contributed by atoms with Crippen LogP contribution in [-0.4, -0.2) is 11.2 Å². The quantitative estimate of drug-likeness (QED) is 0.840. The van der Waals surface area contributed by atoms with Gasteiger partial charge in [-0.1, -0.05) is 13.8 Å². The summed E-state index contributed by atoms with van der Waals surface area (Å²) in [7, 11) is 0. The monoisotopic (exact) mass is 226 g/mol. The SMILES string of the molecule is CC1(C)CC1C(O)Cc1cc(F)ccc1F. The first kappa shape index (κ1) is 11.5. The van der Waals surface area contributed by atoms with Crippen molar-refractivity contribution in [2.75, 3.05) is 0 Å². The van der Waals surface area contributed by atoms with Gasteiger partial charge >= 0.3 is 0 Å². The van der Waals surface area contributed by atoms with E-state index in [0.29, 0.717) is 0 Å². The van der Waals surface area contributed by atoms with Crippen LogP contribution in [0.25, 0.3) is 0 Å². The van der Waals surface area contributed by atoms with Crippen molar-refractivity contribution in [3.63, 3.8) is 0 Å². The van der Waals surface area contributed by atoms with Gasteiger partial charge in [-0.2, -0.15) is 0 Å². The average Bonchev–Trinajstić information content (AvgIpc) is 2.82. The van der Waals surface area contributed by atoms with E-state index in [1.54, 1.807) is 0 Å². The summed E-state index contributed by atoms with van der Waals surface area (Å²) in [6, 6.07) is 3.36. The predicted molar refractivity (Wildman–Crippen MR) is 58.0 cm³/mol. The molecule has 0 bridgehead atoms. The van der Waals surface area contributed by atoms with E-state index in [4.69, 9.17) is 0 Å². The zero-order chi connectivity index (χ0) is 11.9. The number of rotatable bonds is 3. The Morgan fingerprint density at radius 2 is 2.06 bits per heavy atom. The molecule has 1 N–H and O–H groups in total. The van der Waals surface area contributed by atoms with Crippen LogP contribution in [0, 0.1) is 23.0 Å². The molecule has 0 aromatic heterocycles. The minimum atomic E-state index is -0.578. The fraction of sp³-hybridized carbons (Fsp3) is 0.538. The third-order valence-corrected chi connectivity index (χ3v) is 3.49. The maximum Gasteiger partial charge on any atom is 0.126 e. The molecule has 2 unspecified atom stereocenters. The minimum Gasteiger partial charge on any atom is -0.392 e. The Morgan fingerprint density at radius 3 is 2.62 bits per heavy atom. The van der Waals surface area contributed by atoms with Gasteiger partial charge in [-0.3, -0.25) is 0 Å². The van der Waals surface area contributed by atoms with Gasteiger partial charge in [0, 0.05) is 6.42 Å². The Kier molecular flexibility index (Phi) is 2.74. The second-order valence-electron chi connectivity index (χ2n) is 5.31. The van der Waals surface area contributed by atoms with E-state index >= 15 is 0 Å². The van der Waals surface area contributed by atoms with E-state index in [1.165, 1.54) is 0 Å². The van der Waals surface area contributed by atoms with Crippen molar-refractivity contribution in [1.29, 1.82) is 0 Å². The first-order valence-corrected chi connectivity index (χ1v) is 5.52. The molecule has 1 nitrogen and oxygen atoms in total. The molecule has 0 amide bonds. The maximum absolute atomic E-state index is 13.3. The third kappa shape index (κ3) is 2.24. The molecule has 0 aliphatic heterocycles. The van der Waals surface area contributed by atoms with E-state index in [1.807, 2.05) is 0 Å². The first-order valence-electron chi connectivity index (χ1n) is 5.52. The number of hydrogen-bond donors (Lipinski definition) is 1. The smallest absolute Gasteiger partial charge is 0.126 e. The Labute approximate surface area is 94.1 Å². The van der Waals surface area contributed by atoms with Crippen molar-refractivity contribution in [2.45, 2.75) is 32.8 Å². The van der Waals surface area contributed by atoms with Crippen LogP contribution in [-0.2, 0) is 6.42 Å². The molecule has 1 aliphatic carbocycles. The normalized spacial score (nSPS) is 24.2. The molecule has 1 aromatic rings. The maximum atomic E-state index is 13.3. The number of aliphatic hydroxyl groups excluding tert-OH is 1. The second-order valence-corrected chi connectivity index (χ2v) is 5.31. The van der Waals surface area contributed by atoms with E-state index in [2.05, 4.69) is 13.8 Å². The molecule has 0 radical (unpaired) electrons. The van der Waals surface area contributed by atoms with E-state index in [-0.39, 0.29) is 23.3 Å². The largest absolute Gasteiger partial charge is 0.392 e. The fourth-order valence-electron chi connectivity index (χ4n) is 2.23. The van der Waals surface area contributed by atoms with Gasteiger partial charge in [-0.25, -0.2) is 8.78 Å². The predicted octanol–water partition coefficient (Wildman–Crippen LogP) is 2.91. The van der Waals surface area contributed by atoms with Gasteiger partial charge in [0.25, 0.3) is 0 Å². The highest BCUT2D eigenvalue weighted by atomic mass is 19.1. The first-order chi connectivity index (χ1) is 7.40. The average molecular weight is 226 g/mol. The second kappa shape index (κ2) is 3.81. The van der Waals surface area contributed by atoms with Crippen LogP contribution in [0.3, 0.4) is 0 Å². The van der Waals surface area contributed by atoms with Crippen LogP contribution in [0.5, 0.6) is 0 Å². The van der Waals surface area contributed by atoms with Gasteiger partial charge < -0.3 is 5.11 Å². The summed E-state index contributed by atoms with van der Waals surface area (Å²) in [5, 5.41) is 9.90. The molecule has 0 heterocycles. The molecule has 1 aliphatic rings. The van der Waals surface area contributed by atoms with Gasteiger partial charge in [-0.05, 0) is 41.5 Å². The molecular weight excluding hydrogens is 210 g/mol. The minimum absolute atomic E-state index is 0.142. The summed E-state index contributed by atoms with van der Waals surface area (Å²) in [5.74, 6) is -0.701. The van der Waals surface area contributed by atoms with E-state index < -0.39 is 17.7 Å². The molecular formula is C13H16F2O. The van der Waals surface area contributed by atoms with Crippen molar-refractivity contribution in [1.82, 2.24) is 0 Å². The lowest BCUT2D eigenvalue weighted by Gasteiger charge is -2.13. The highest BCUT2D eigenvalue weighted by Crippen LogP contribution is 2.54. The summed E-state index contributed by atoms with van der Waals surface area (Å²) in [6.45, 7) is 4.14. The summed E-state index contributed by atoms with van der Waals surface area (Å²) >= 11 is 0. The Hall–Kier alpha value is -0.960. The molecule has 0 spiro atoms. The summed E-state index contributed by atoms with van der Waals surface area (Å²) in [5.41, 5.74) is 0.402. The van der Waals surface area contributed by atoms with Crippen molar-refractivity contribution < 1.29 is 13.9 Å². The molecule has 0 saturated heterocycles. The van der Waals surface area contributed by atoms with Gasteiger partial charge in [0.05, 0.1) is 6.10 Å². The molecule has 1 aromatic carbocycles. The number of benzene rings is 1. The Bertz CT molecular complexity index is 401. The standard InChI is InChI=1S/C13H16F2O/c1-13(2)7-10(13)12(16)6-8-5-9(14)3-4-11(8)15/h3-5,10,12,16H,6-7H2,1-2H3. The van der Waals surface area contributed by atoms with Gasteiger partial charge in [-0.15, -0.1) is 0 Å². The number of aliphatic hydroxyl groups is 1. The third-order valence-electron chi connectivity index (χ3n) is 3.49. The fourth-order valence-corrected chi connectivity index (χ4v) is 2.23. The summed E-state index contributed by atoms with van der Waals surface area (Å²) in [6.07, 6.45) is 0.564. The van der Waals surface area contributed by atoms with Crippen LogP contribution in [0.2, 0.25) is 0 Å². The number of halogens is 2. The van der Waals surface area contributed by atoms with Gasteiger partial charge in [0.15, 0.2) is 0 Å². The molecule has 88 valence electrons. The number of hydrogen-bond acceptors (Lipinski definition) is 1.